The number of anilines is 1. The number of carbonyl (C=O) groups excluding carboxylic acids is 1. The Morgan fingerprint density at radius 3 is 2.52 bits per heavy atom. The summed E-state index contributed by atoms with van der Waals surface area (Å²) in [5.74, 6) is 1.48. The number of carbonyl (C=O) groups is 1. The molecule has 1 aliphatic rings. The lowest BCUT2D eigenvalue weighted by Gasteiger charge is -2.36. The topological polar surface area (TPSA) is 54.5 Å². The SMILES string of the molecule is Cc1ccc(-c2cc(C(=O)N3CCN(c4ccccc4Cl)CC3)n(C)n2)o1. The van der Waals surface area contributed by atoms with Crippen molar-refractivity contribution in [2.75, 3.05) is 31.1 Å². The highest BCUT2D eigenvalue weighted by atomic mass is 35.5. The minimum atomic E-state index is -0.0154. The van der Waals surface area contributed by atoms with Crippen molar-refractivity contribution in [3.05, 3.63) is 58.9 Å². The van der Waals surface area contributed by atoms with Crippen molar-refractivity contribution >= 4 is 23.2 Å². The molecular formula is C20H21ClN4O2. The quantitative estimate of drug-likeness (QED) is 0.692. The average molecular weight is 385 g/mol. The van der Waals surface area contributed by atoms with Crippen molar-refractivity contribution in [3.63, 3.8) is 0 Å². The molecule has 0 bridgehead atoms. The molecule has 2 aromatic heterocycles. The Morgan fingerprint density at radius 2 is 1.85 bits per heavy atom. The molecule has 1 aliphatic heterocycles. The summed E-state index contributed by atoms with van der Waals surface area (Å²) in [6, 6.07) is 13.4. The summed E-state index contributed by atoms with van der Waals surface area (Å²) < 4.78 is 7.24. The maximum Gasteiger partial charge on any atom is 0.272 e. The van der Waals surface area contributed by atoms with E-state index in [0.29, 0.717) is 30.2 Å². The molecule has 0 spiro atoms. The Balaban J connectivity index is 1.47. The molecule has 1 amide bonds. The Hall–Kier alpha value is -2.73. The summed E-state index contributed by atoms with van der Waals surface area (Å²) in [5, 5.41) is 5.17. The average Bonchev–Trinajstić information content (AvgIpc) is 3.27. The molecule has 0 unspecified atom stereocenters. The second-order valence-electron chi connectivity index (χ2n) is 6.68. The first-order chi connectivity index (χ1) is 13.0. The summed E-state index contributed by atoms with van der Waals surface area (Å²) in [6.45, 7) is 4.67. The smallest absolute Gasteiger partial charge is 0.272 e. The molecule has 0 N–H and O–H groups in total. The van der Waals surface area contributed by atoms with Crippen LogP contribution in [-0.2, 0) is 7.05 Å². The fraction of sp³-hybridized carbons (Fsp3) is 0.300. The van der Waals surface area contributed by atoms with E-state index in [4.69, 9.17) is 16.0 Å². The molecule has 0 aliphatic carbocycles. The number of halogens is 1. The lowest BCUT2D eigenvalue weighted by Crippen LogP contribution is -2.49. The van der Waals surface area contributed by atoms with Gasteiger partial charge in [0.25, 0.3) is 5.91 Å². The third-order valence-corrected chi connectivity index (χ3v) is 5.17. The largest absolute Gasteiger partial charge is 0.460 e. The summed E-state index contributed by atoms with van der Waals surface area (Å²) in [4.78, 5) is 17.0. The van der Waals surface area contributed by atoms with Crippen LogP contribution >= 0.6 is 11.6 Å². The van der Waals surface area contributed by atoms with Crippen LogP contribution in [0.25, 0.3) is 11.5 Å². The normalized spacial score (nSPS) is 14.6. The molecule has 7 heteroatoms. The molecule has 1 aromatic carbocycles. The van der Waals surface area contributed by atoms with Gasteiger partial charge < -0.3 is 14.2 Å². The van der Waals surface area contributed by atoms with Crippen LogP contribution in [0.3, 0.4) is 0 Å². The van der Waals surface area contributed by atoms with Gasteiger partial charge in [0.15, 0.2) is 5.76 Å². The van der Waals surface area contributed by atoms with Gasteiger partial charge in [-0.2, -0.15) is 5.10 Å². The number of aromatic nitrogens is 2. The number of aryl methyl sites for hydroxylation is 2. The van der Waals surface area contributed by atoms with Crippen molar-refractivity contribution in [2.45, 2.75) is 6.92 Å². The molecule has 1 fully saturated rings. The van der Waals surface area contributed by atoms with E-state index >= 15 is 0 Å². The van der Waals surface area contributed by atoms with Gasteiger partial charge in [0.05, 0.1) is 10.7 Å². The fourth-order valence-corrected chi connectivity index (χ4v) is 3.64. The van der Waals surface area contributed by atoms with Crippen LogP contribution in [0, 0.1) is 6.92 Å². The highest BCUT2D eigenvalue weighted by Gasteiger charge is 2.26. The van der Waals surface area contributed by atoms with Crippen LogP contribution in [-0.4, -0.2) is 46.8 Å². The molecule has 140 valence electrons. The lowest BCUT2D eigenvalue weighted by molar-refractivity contribution is 0.0735. The van der Waals surface area contributed by atoms with Gasteiger partial charge in [-0.15, -0.1) is 0 Å². The first kappa shape index (κ1) is 17.7. The fourth-order valence-electron chi connectivity index (χ4n) is 3.38. The molecule has 27 heavy (non-hydrogen) atoms. The van der Waals surface area contributed by atoms with Gasteiger partial charge in [-0.3, -0.25) is 9.48 Å². The van der Waals surface area contributed by atoms with Gasteiger partial charge in [-0.05, 0) is 31.2 Å². The Morgan fingerprint density at radius 1 is 1.11 bits per heavy atom. The summed E-state index contributed by atoms with van der Waals surface area (Å²) in [6.07, 6.45) is 0. The number of nitrogens with zero attached hydrogens (tertiary/aromatic N) is 4. The highest BCUT2D eigenvalue weighted by Crippen LogP contribution is 2.27. The number of rotatable bonds is 3. The molecule has 3 aromatic rings. The summed E-state index contributed by atoms with van der Waals surface area (Å²) in [5.41, 5.74) is 2.25. The third-order valence-electron chi connectivity index (χ3n) is 4.85. The zero-order valence-electron chi connectivity index (χ0n) is 15.4. The number of para-hydroxylation sites is 1. The van der Waals surface area contributed by atoms with Crippen molar-refractivity contribution in [1.29, 1.82) is 0 Å². The van der Waals surface area contributed by atoms with Gasteiger partial charge in [0.1, 0.15) is 17.1 Å². The Labute approximate surface area is 162 Å². The molecule has 0 radical (unpaired) electrons. The molecule has 0 atom stereocenters. The second kappa shape index (κ2) is 7.12. The van der Waals surface area contributed by atoms with Gasteiger partial charge in [0.2, 0.25) is 0 Å². The van der Waals surface area contributed by atoms with Crippen LogP contribution in [0.2, 0.25) is 5.02 Å². The van der Waals surface area contributed by atoms with E-state index in [0.717, 1.165) is 29.6 Å². The number of hydrogen-bond acceptors (Lipinski definition) is 4. The maximum atomic E-state index is 13.0. The standard InChI is InChI=1S/C20H21ClN4O2/c1-14-7-8-19(27-14)16-13-18(23(2)22-16)20(26)25-11-9-24(10-12-25)17-6-4-3-5-15(17)21/h3-8,13H,9-12H2,1-2H3. The first-order valence-electron chi connectivity index (χ1n) is 8.92. The van der Waals surface area contributed by atoms with Crippen LogP contribution in [0.1, 0.15) is 16.2 Å². The Bertz CT molecular complexity index is 970. The monoisotopic (exact) mass is 384 g/mol. The molecular weight excluding hydrogens is 364 g/mol. The van der Waals surface area contributed by atoms with E-state index in [1.165, 1.54) is 0 Å². The molecule has 3 heterocycles. The van der Waals surface area contributed by atoms with Crippen LogP contribution in [0.15, 0.2) is 46.9 Å². The van der Waals surface area contributed by atoms with Crippen LogP contribution in [0.4, 0.5) is 5.69 Å². The van der Waals surface area contributed by atoms with E-state index in [1.54, 1.807) is 17.8 Å². The number of piperazine rings is 1. The third kappa shape index (κ3) is 3.45. The van der Waals surface area contributed by atoms with Crippen molar-refractivity contribution in [2.24, 2.45) is 7.05 Å². The van der Waals surface area contributed by atoms with E-state index in [2.05, 4.69) is 10.00 Å². The second-order valence-corrected chi connectivity index (χ2v) is 7.09. The van der Waals surface area contributed by atoms with E-state index in [1.807, 2.05) is 48.2 Å². The zero-order valence-corrected chi connectivity index (χ0v) is 16.1. The number of hydrogen-bond donors (Lipinski definition) is 0. The van der Waals surface area contributed by atoms with Crippen LogP contribution in [0.5, 0.6) is 0 Å². The molecule has 6 nitrogen and oxygen atoms in total. The van der Waals surface area contributed by atoms with E-state index in [-0.39, 0.29) is 5.91 Å². The van der Waals surface area contributed by atoms with Gasteiger partial charge >= 0.3 is 0 Å². The van der Waals surface area contributed by atoms with Crippen molar-refractivity contribution in [1.82, 2.24) is 14.7 Å². The van der Waals surface area contributed by atoms with Crippen molar-refractivity contribution < 1.29 is 9.21 Å². The first-order valence-corrected chi connectivity index (χ1v) is 9.30. The number of benzene rings is 1. The summed E-state index contributed by atoms with van der Waals surface area (Å²) >= 11 is 6.29. The van der Waals surface area contributed by atoms with Crippen LogP contribution < -0.4 is 4.90 Å². The minimum Gasteiger partial charge on any atom is -0.460 e. The van der Waals surface area contributed by atoms with Gasteiger partial charge in [-0.1, -0.05) is 23.7 Å². The molecule has 4 rings (SSSR count). The maximum absolute atomic E-state index is 13.0. The van der Waals surface area contributed by atoms with E-state index in [9.17, 15) is 4.79 Å². The van der Waals surface area contributed by atoms with Crippen molar-refractivity contribution in [3.8, 4) is 11.5 Å². The molecule has 1 saturated heterocycles. The molecule has 0 saturated carbocycles. The zero-order chi connectivity index (χ0) is 19.0. The van der Waals surface area contributed by atoms with Gasteiger partial charge in [-0.25, -0.2) is 0 Å². The lowest BCUT2D eigenvalue weighted by atomic mass is 10.2. The predicted octanol–water partition coefficient (Wildman–Crippen LogP) is 3.60. The number of amides is 1. The van der Waals surface area contributed by atoms with E-state index < -0.39 is 0 Å². The number of furan rings is 1. The predicted molar refractivity (Wildman–Crippen MR) is 105 cm³/mol. The highest BCUT2D eigenvalue weighted by molar-refractivity contribution is 6.33. The Kier molecular flexibility index (Phi) is 4.66. The summed E-state index contributed by atoms with van der Waals surface area (Å²) in [7, 11) is 1.78. The minimum absolute atomic E-state index is 0.0154. The van der Waals surface area contributed by atoms with Gasteiger partial charge in [0, 0.05) is 39.3 Å².